The van der Waals surface area contributed by atoms with Gasteiger partial charge in [0.25, 0.3) is 0 Å². The van der Waals surface area contributed by atoms with E-state index in [0.29, 0.717) is 6.04 Å². The topological polar surface area (TPSA) is 41.9 Å². The lowest BCUT2D eigenvalue weighted by Crippen LogP contribution is -2.81. The number of ether oxygens (including phenoxy) is 2. The van der Waals surface area contributed by atoms with Crippen LogP contribution in [0.25, 0.3) is 0 Å². The second kappa shape index (κ2) is 5.38. The average molecular weight is 396 g/mol. The number of benzene rings is 1. The lowest BCUT2D eigenvalue weighted by molar-refractivity contribution is -0.281. The number of methoxy groups -OCH3 is 1. The van der Waals surface area contributed by atoms with Crippen molar-refractivity contribution in [1.29, 1.82) is 0 Å². The van der Waals surface area contributed by atoms with E-state index in [2.05, 4.69) is 24.0 Å². The Hall–Kier alpha value is -1.10. The molecule has 6 atom stereocenters. The number of aliphatic hydroxyl groups excluding tert-OH is 1. The van der Waals surface area contributed by atoms with Crippen molar-refractivity contribution >= 4 is 0 Å². The van der Waals surface area contributed by atoms with Gasteiger partial charge in [0.15, 0.2) is 0 Å². The van der Waals surface area contributed by atoms with Gasteiger partial charge in [-0.15, -0.1) is 0 Å². The Labute approximate surface area is 173 Å². The maximum atomic E-state index is 10.5. The number of hydrogen-bond donors (Lipinski definition) is 1. The zero-order valence-electron chi connectivity index (χ0n) is 17.7. The molecule has 0 amide bonds. The van der Waals surface area contributed by atoms with Crippen molar-refractivity contribution < 1.29 is 14.6 Å². The molecule has 0 radical (unpaired) electrons. The van der Waals surface area contributed by atoms with Gasteiger partial charge >= 0.3 is 0 Å². The number of piperidine rings is 1. The molecule has 1 aromatic carbocycles. The second-order valence-electron chi connectivity index (χ2n) is 11.0. The van der Waals surface area contributed by atoms with Crippen LogP contribution in [0.2, 0.25) is 0 Å². The van der Waals surface area contributed by atoms with Crippen LogP contribution in [0, 0.1) is 24.2 Å². The van der Waals surface area contributed by atoms with Crippen LogP contribution in [0.1, 0.15) is 55.2 Å². The summed E-state index contributed by atoms with van der Waals surface area (Å²) in [6.07, 6.45) is 8.57. The molecule has 8 rings (SSSR count). The molecule has 2 aliphatic heterocycles. The van der Waals surface area contributed by atoms with E-state index in [4.69, 9.17) is 9.47 Å². The predicted molar refractivity (Wildman–Crippen MR) is 110 cm³/mol. The highest BCUT2D eigenvalue weighted by Gasteiger charge is 2.80. The lowest BCUT2D eigenvalue weighted by atomic mass is 9.35. The first-order valence-electron chi connectivity index (χ1n) is 11.8. The molecular formula is C25H33NO3. The summed E-state index contributed by atoms with van der Waals surface area (Å²) in [5, 5.41) is 10.5. The first-order chi connectivity index (χ1) is 14.1. The Balaban J connectivity index is 1.48. The van der Waals surface area contributed by atoms with Crippen molar-refractivity contribution in [2.75, 3.05) is 26.8 Å². The minimum atomic E-state index is -0.347. The molecule has 5 aliphatic carbocycles. The Morgan fingerprint density at radius 2 is 2.10 bits per heavy atom. The molecule has 1 saturated heterocycles. The van der Waals surface area contributed by atoms with Gasteiger partial charge in [-0.3, -0.25) is 4.90 Å². The molecule has 7 aliphatic rings. The van der Waals surface area contributed by atoms with E-state index >= 15 is 0 Å². The molecule has 29 heavy (non-hydrogen) atoms. The highest BCUT2D eigenvalue weighted by molar-refractivity contribution is 5.61. The predicted octanol–water partition coefficient (Wildman–Crippen LogP) is 3.21. The van der Waals surface area contributed by atoms with Crippen LogP contribution in [0.5, 0.6) is 5.75 Å². The maximum absolute atomic E-state index is 10.5. The minimum absolute atomic E-state index is 0.0559. The Bertz CT molecular complexity index is 896. The molecule has 1 N–H and O–H groups in total. The molecule has 1 aromatic rings. The summed E-state index contributed by atoms with van der Waals surface area (Å²) >= 11 is 0. The van der Waals surface area contributed by atoms with Gasteiger partial charge in [-0.2, -0.15) is 0 Å². The largest absolute Gasteiger partial charge is 0.486 e. The lowest BCUT2D eigenvalue weighted by Gasteiger charge is -2.73. The molecule has 4 bridgehead atoms. The van der Waals surface area contributed by atoms with Gasteiger partial charge in [0.05, 0.1) is 0 Å². The molecule has 4 heteroatoms. The van der Waals surface area contributed by atoms with E-state index in [1.54, 1.807) is 5.56 Å². The van der Waals surface area contributed by atoms with Crippen LogP contribution in [-0.4, -0.2) is 54.6 Å². The van der Waals surface area contributed by atoms with Crippen molar-refractivity contribution in [3.8, 4) is 5.75 Å². The summed E-state index contributed by atoms with van der Waals surface area (Å²) in [5.74, 6) is 2.26. The van der Waals surface area contributed by atoms with E-state index < -0.39 is 0 Å². The molecule has 0 aromatic heterocycles. The van der Waals surface area contributed by atoms with Crippen molar-refractivity contribution in [2.24, 2.45) is 17.3 Å². The summed E-state index contributed by atoms with van der Waals surface area (Å²) in [6.45, 7) is 4.89. The van der Waals surface area contributed by atoms with E-state index in [1.165, 1.54) is 49.9 Å². The number of aryl methyl sites for hydroxylation is 1. The average Bonchev–Trinajstić information content (AvgIpc) is 3.48. The number of nitrogens with zero attached hydrogens (tertiary/aromatic N) is 1. The third kappa shape index (κ3) is 1.78. The van der Waals surface area contributed by atoms with E-state index in [0.717, 1.165) is 30.9 Å². The first kappa shape index (κ1) is 17.6. The van der Waals surface area contributed by atoms with Gasteiger partial charge in [0.2, 0.25) is 0 Å². The molecule has 4 nitrogen and oxygen atoms in total. The zero-order valence-corrected chi connectivity index (χ0v) is 17.7. The monoisotopic (exact) mass is 395 g/mol. The van der Waals surface area contributed by atoms with E-state index in [-0.39, 0.29) is 35.1 Å². The van der Waals surface area contributed by atoms with Gasteiger partial charge in [0, 0.05) is 48.6 Å². The van der Waals surface area contributed by atoms with E-state index in [1.807, 2.05) is 7.11 Å². The summed E-state index contributed by atoms with van der Waals surface area (Å²) in [4.78, 5) is 2.86. The fourth-order valence-electron chi connectivity index (χ4n) is 8.91. The standard InChI is InChI=1S/C25H33NO3/c1-15-3-6-17-11-19-23-7-8-25(28-2,18(12-23)14-27)22-24(23,20(17)21(15)29-22)9-10-26(19)13-16-4-5-16/h3,6,16,18-19,22,27H,4-5,7-14H2,1-2H3/t18-,19-,22-,23?,24+,25?/m1/s1. The number of hydrogen-bond acceptors (Lipinski definition) is 4. The Morgan fingerprint density at radius 1 is 1.24 bits per heavy atom. The van der Waals surface area contributed by atoms with Crippen molar-refractivity contribution in [3.05, 3.63) is 28.8 Å². The molecule has 4 saturated carbocycles. The summed E-state index contributed by atoms with van der Waals surface area (Å²) in [7, 11) is 1.86. The summed E-state index contributed by atoms with van der Waals surface area (Å²) in [5.41, 5.74) is 4.30. The molecule has 5 fully saturated rings. The SMILES string of the molecule is COC12CCC3(C[C@@H]1CO)[C@H]1Cc4ccc(C)c5c4[C@@]3(CCN1CC1CC1)[C@H]2O5. The fourth-order valence-corrected chi connectivity index (χ4v) is 8.91. The quantitative estimate of drug-likeness (QED) is 0.850. The molecule has 156 valence electrons. The first-order valence-corrected chi connectivity index (χ1v) is 11.8. The van der Waals surface area contributed by atoms with Crippen molar-refractivity contribution in [2.45, 2.75) is 75.0 Å². The smallest absolute Gasteiger partial charge is 0.138 e. The van der Waals surface area contributed by atoms with Crippen LogP contribution in [-0.2, 0) is 16.6 Å². The van der Waals surface area contributed by atoms with Gasteiger partial charge in [0.1, 0.15) is 17.5 Å². The van der Waals surface area contributed by atoms with Crippen LogP contribution < -0.4 is 4.74 Å². The number of aliphatic hydroxyl groups is 1. The van der Waals surface area contributed by atoms with Gasteiger partial charge in [-0.1, -0.05) is 12.1 Å². The van der Waals surface area contributed by atoms with Crippen LogP contribution in [0.3, 0.4) is 0 Å². The highest BCUT2D eigenvalue weighted by atomic mass is 16.6. The number of likely N-dealkylation sites (tertiary alicyclic amines) is 1. The number of fused-ring (bicyclic) bond motifs is 2. The Kier molecular flexibility index (Phi) is 3.26. The summed E-state index contributed by atoms with van der Waals surface area (Å²) < 4.78 is 13.3. The minimum Gasteiger partial charge on any atom is -0.486 e. The molecule has 2 unspecified atom stereocenters. The van der Waals surface area contributed by atoms with Gasteiger partial charge in [-0.05, 0) is 75.5 Å². The maximum Gasteiger partial charge on any atom is 0.138 e. The third-order valence-electron chi connectivity index (χ3n) is 10.2. The van der Waals surface area contributed by atoms with Gasteiger partial charge < -0.3 is 14.6 Å². The van der Waals surface area contributed by atoms with Crippen LogP contribution >= 0.6 is 0 Å². The van der Waals surface area contributed by atoms with E-state index in [9.17, 15) is 5.11 Å². The summed E-state index contributed by atoms with van der Waals surface area (Å²) in [6, 6.07) is 5.26. The fraction of sp³-hybridized carbons (Fsp3) is 0.760. The second-order valence-corrected chi connectivity index (χ2v) is 11.0. The highest BCUT2D eigenvalue weighted by Crippen LogP contribution is 2.76. The number of rotatable bonds is 4. The Morgan fingerprint density at radius 3 is 2.86 bits per heavy atom. The zero-order chi connectivity index (χ0) is 19.6. The van der Waals surface area contributed by atoms with Crippen molar-refractivity contribution in [3.63, 3.8) is 0 Å². The normalized spacial score (nSPS) is 46.5. The molecule has 2 spiro atoms. The van der Waals surface area contributed by atoms with Gasteiger partial charge in [-0.25, -0.2) is 0 Å². The third-order valence-corrected chi connectivity index (χ3v) is 10.2. The van der Waals surface area contributed by atoms with Crippen LogP contribution in [0.15, 0.2) is 12.1 Å². The molecule has 2 heterocycles. The van der Waals surface area contributed by atoms with Crippen molar-refractivity contribution in [1.82, 2.24) is 4.90 Å². The van der Waals surface area contributed by atoms with Crippen LogP contribution in [0.4, 0.5) is 0 Å². The molecular weight excluding hydrogens is 362 g/mol.